The zero-order chi connectivity index (χ0) is 22.6. The molecule has 0 radical (unpaired) electrons. The van der Waals surface area contributed by atoms with Crippen LogP contribution in [0.1, 0.15) is 0 Å². The van der Waals surface area contributed by atoms with Crippen molar-refractivity contribution in [2.75, 3.05) is 39.5 Å². The summed E-state index contributed by atoms with van der Waals surface area (Å²) < 4.78 is 18.3. The van der Waals surface area contributed by atoms with Crippen LogP contribution in [0.15, 0.2) is 66.7 Å². The molecule has 0 saturated carbocycles. The van der Waals surface area contributed by atoms with Crippen molar-refractivity contribution in [1.29, 1.82) is 0 Å². The molecule has 0 bridgehead atoms. The van der Waals surface area contributed by atoms with Crippen molar-refractivity contribution >= 4 is 33.8 Å². The number of phenols is 2. The summed E-state index contributed by atoms with van der Waals surface area (Å²) >= 11 is 1.58. The highest BCUT2D eigenvalue weighted by atomic mass is 35.5. The SMILES string of the molecule is Cl.Oc1cc(O)c(-c2cc3ccccc3s2)cc1Oc1ccc(OCCN2CCOCC2)cc1. The van der Waals surface area contributed by atoms with Crippen LogP contribution in [0.2, 0.25) is 0 Å². The van der Waals surface area contributed by atoms with E-state index in [9.17, 15) is 10.2 Å². The third-order valence-electron chi connectivity index (χ3n) is 5.60. The van der Waals surface area contributed by atoms with Crippen molar-refractivity contribution in [3.05, 3.63) is 66.7 Å². The van der Waals surface area contributed by atoms with Crippen LogP contribution in [0.3, 0.4) is 0 Å². The minimum atomic E-state index is -0.122. The third-order valence-corrected chi connectivity index (χ3v) is 6.75. The van der Waals surface area contributed by atoms with Crippen molar-refractivity contribution in [2.24, 2.45) is 0 Å². The lowest BCUT2D eigenvalue weighted by Crippen LogP contribution is -2.38. The van der Waals surface area contributed by atoms with Gasteiger partial charge < -0.3 is 24.4 Å². The number of phenolic OH excluding ortho intramolecular Hbond substituents is 2. The van der Waals surface area contributed by atoms with Crippen LogP contribution in [-0.4, -0.2) is 54.6 Å². The molecule has 1 aliphatic rings. The third kappa shape index (κ3) is 5.56. The van der Waals surface area contributed by atoms with Crippen LogP contribution in [-0.2, 0) is 4.74 Å². The minimum Gasteiger partial charge on any atom is -0.507 e. The van der Waals surface area contributed by atoms with Crippen LogP contribution in [0.25, 0.3) is 20.5 Å². The molecule has 5 rings (SSSR count). The summed E-state index contributed by atoms with van der Waals surface area (Å²) in [4.78, 5) is 3.23. The summed E-state index contributed by atoms with van der Waals surface area (Å²) in [5, 5.41) is 21.9. The molecule has 1 fully saturated rings. The Bertz CT molecular complexity index is 1200. The second-order valence-electron chi connectivity index (χ2n) is 7.86. The van der Waals surface area contributed by atoms with Gasteiger partial charge in [-0.2, -0.15) is 0 Å². The molecule has 1 aromatic heterocycles. The number of fused-ring (bicyclic) bond motifs is 1. The molecule has 0 aliphatic carbocycles. The number of aromatic hydroxyl groups is 2. The molecule has 1 saturated heterocycles. The van der Waals surface area contributed by atoms with Gasteiger partial charge in [-0.05, 0) is 47.9 Å². The number of rotatable bonds is 7. The first-order chi connectivity index (χ1) is 16.2. The Morgan fingerprint density at radius 2 is 1.62 bits per heavy atom. The van der Waals surface area contributed by atoms with Crippen LogP contribution in [0.5, 0.6) is 28.7 Å². The van der Waals surface area contributed by atoms with Crippen molar-refractivity contribution in [2.45, 2.75) is 0 Å². The molecule has 8 heteroatoms. The second-order valence-corrected chi connectivity index (χ2v) is 8.95. The smallest absolute Gasteiger partial charge is 0.169 e. The summed E-state index contributed by atoms with van der Waals surface area (Å²) in [5.41, 5.74) is 0.618. The molecule has 178 valence electrons. The fraction of sp³-hybridized carbons (Fsp3) is 0.231. The lowest BCUT2D eigenvalue weighted by molar-refractivity contribution is 0.0322. The molecule has 34 heavy (non-hydrogen) atoms. The van der Waals surface area contributed by atoms with E-state index in [0.717, 1.165) is 53.6 Å². The number of nitrogens with zero attached hydrogens (tertiary/aromatic N) is 1. The zero-order valence-electron chi connectivity index (χ0n) is 18.5. The van der Waals surface area contributed by atoms with E-state index in [1.54, 1.807) is 29.5 Å². The standard InChI is InChI=1S/C26H25NO5S.ClH/c28-22-17-23(29)24(16-21(22)26-15-18-3-1-2-4-25(18)33-26)32-20-7-5-19(6-8-20)31-14-11-27-9-12-30-13-10-27;/h1-8,15-17,28-29H,9-14H2;1H. The van der Waals surface area contributed by atoms with Gasteiger partial charge in [-0.15, -0.1) is 23.7 Å². The van der Waals surface area contributed by atoms with E-state index in [-0.39, 0.29) is 29.7 Å². The monoisotopic (exact) mass is 499 g/mol. The highest BCUT2D eigenvalue weighted by molar-refractivity contribution is 7.22. The molecular formula is C26H26ClNO5S. The molecule has 3 aromatic carbocycles. The van der Waals surface area contributed by atoms with Crippen LogP contribution in [0, 0.1) is 0 Å². The van der Waals surface area contributed by atoms with Crippen LogP contribution < -0.4 is 9.47 Å². The summed E-state index contributed by atoms with van der Waals surface area (Å²) in [7, 11) is 0. The summed E-state index contributed by atoms with van der Waals surface area (Å²) in [5.74, 6) is 1.50. The van der Waals surface area contributed by atoms with Crippen molar-refractivity contribution in [3.63, 3.8) is 0 Å². The fourth-order valence-electron chi connectivity index (χ4n) is 3.80. The van der Waals surface area contributed by atoms with Gasteiger partial charge in [0, 0.05) is 40.8 Å². The minimum absolute atomic E-state index is 0. The molecule has 0 unspecified atom stereocenters. The van der Waals surface area contributed by atoms with Gasteiger partial charge in [0.05, 0.1) is 13.2 Å². The molecule has 2 heterocycles. The van der Waals surface area contributed by atoms with E-state index < -0.39 is 0 Å². The molecule has 0 spiro atoms. The van der Waals surface area contributed by atoms with Crippen LogP contribution >= 0.6 is 23.7 Å². The number of hydrogen-bond donors (Lipinski definition) is 2. The quantitative estimate of drug-likeness (QED) is 0.329. The maximum atomic E-state index is 10.4. The van der Waals surface area contributed by atoms with Gasteiger partial charge in [-0.3, -0.25) is 4.90 Å². The number of morpholine rings is 1. The number of hydrogen-bond acceptors (Lipinski definition) is 7. The van der Waals surface area contributed by atoms with E-state index in [4.69, 9.17) is 14.2 Å². The first-order valence-corrected chi connectivity index (χ1v) is 11.7. The van der Waals surface area contributed by atoms with Crippen molar-refractivity contribution in [1.82, 2.24) is 4.90 Å². The number of thiophene rings is 1. The van der Waals surface area contributed by atoms with E-state index in [1.807, 2.05) is 42.5 Å². The van der Waals surface area contributed by atoms with Gasteiger partial charge >= 0.3 is 0 Å². The normalized spacial score (nSPS) is 14.0. The van der Waals surface area contributed by atoms with E-state index >= 15 is 0 Å². The van der Waals surface area contributed by atoms with Crippen molar-refractivity contribution in [3.8, 4) is 39.2 Å². The predicted octanol–water partition coefficient (Wildman–Crippen LogP) is 5.90. The van der Waals surface area contributed by atoms with Gasteiger partial charge in [0.15, 0.2) is 11.5 Å². The number of halogens is 1. The molecule has 4 aromatic rings. The Labute approximate surface area is 208 Å². The second kappa shape index (κ2) is 11.0. The molecule has 0 amide bonds. The largest absolute Gasteiger partial charge is 0.507 e. The highest BCUT2D eigenvalue weighted by Crippen LogP contribution is 2.44. The van der Waals surface area contributed by atoms with Gasteiger partial charge in [-0.1, -0.05) is 18.2 Å². The fourth-order valence-corrected chi connectivity index (χ4v) is 4.89. The van der Waals surface area contributed by atoms with Crippen LogP contribution in [0.4, 0.5) is 0 Å². The molecule has 0 atom stereocenters. The lowest BCUT2D eigenvalue weighted by Gasteiger charge is -2.26. The molecular weight excluding hydrogens is 474 g/mol. The average molecular weight is 500 g/mol. The van der Waals surface area contributed by atoms with Gasteiger partial charge in [0.25, 0.3) is 0 Å². The average Bonchev–Trinajstić information content (AvgIpc) is 3.26. The Morgan fingerprint density at radius 1 is 0.882 bits per heavy atom. The zero-order valence-corrected chi connectivity index (χ0v) is 20.1. The molecule has 2 N–H and O–H groups in total. The Kier molecular flexibility index (Phi) is 7.80. The van der Waals surface area contributed by atoms with E-state index in [0.29, 0.717) is 17.9 Å². The predicted molar refractivity (Wildman–Crippen MR) is 137 cm³/mol. The Morgan fingerprint density at radius 3 is 2.38 bits per heavy atom. The molecule has 1 aliphatic heterocycles. The maximum absolute atomic E-state index is 10.4. The number of ether oxygens (including phenoxy) is 3. The van der Waals surface area contributed by atoms with E-state index in [2.05, 4.69) is 4.90 Å². The Balaban J connectivity index is 0.00000274. The van der Waals surface area contributed by atoms with Crippen molar-refractivity contribution < 1.29 is 24.4 Å². The van der Waals surface area contributed by atoms with Gasteiger partial charge in [-0.25, -0.2) is 0 Å². The first kappa shape index (κ1) is 24.2. The summed E-state index contributed by atoms with van der Waals surface area (Å²) in [6, 6.07) is 20.4. The van der Waals surface area contributed by atoms with E-state index in [1.165, 1.54) is 6.07 Å². The van der Waals surface area contributed by atoms with Gasteiger partial charge in [0.2, 0.25) is 0 Å². The summed E-state index contributed by atoms with van der Waals surface area (Å²) in [6.07, 6.45) is 0. The Hall–Kier alpha value is -2.97. The lowest BCUT2D eigenvalue weighted by atomic mass is 10.1. The maximum Gasteiger partial charge on any atom is 0.169 e. The summed E-state index contributed by atoms with van der Waals surface area (Å²) in [6.45, 7) is 4.91. The number of benzene rings is 3. The molecule has 6 nitrogen and oxygen atoms in total. The highest BCUT2D eigenvalue weighted by Gasteiger charge is 2.15. The topological polar surface area (TPSA) is 71.4 Å². The van der Waals surface area contributed by atoms with Gasteiger partial charge in [0.1, 0.15) is 23.9 Å². The first-order valence-electron chi connectivity index (χ1n) is 10.9.